The van der Waals surface area contributed by atoms with Gasteiger partial charge in [-0.15, -0.1) is 0 Å². The summed E-state index contributed by atoms with van der Waals surface area (Å²) >= 11 is 0. The number of hydrogen-bond acceptors (Lipinski definition) is 6. The van der Waals surface area contributed by atoms with Crippen LogP contribution in [-0.4, -0.2) is 55.5 Å². The standard InChI is InChI=1S/C15H24N4O4/c1-21-8-7-17-15(20)18-11-3-5-12(6-4-11)23-14-10-16-9-13(19-14)22-2/h9-12H,3-8H2,1-2H3,(H2,17,18,20). The molecule has 0 unspecified atom stereocenters. The molecule has 2 rings (SSSR count). The van der Waals surface area contributed by atoms with Crippen LogP contribution in [0, 0.1) is 0 Å². The Kier molecular flexibility index (Phi) is 6.86. The van der Waals surface area contributed by atoms with E-state index in [0.717, 1.165) is 25.7 Å². The average molecular weight is 324 g/mol. The fourth-order valence-electron chi connectivity index (χ4n) is 2.49. The van der Waals surface area contributed by atoms with E-state index >= 15 is 0 Å². The average Bonchev–Trinajstić information content (AvgIpc) is 2.57. The lowest BCUT2D eigenvalue weighted by Gasteiger charge is -2.29. The molecule has 128 valence electrons. The number of amides is 2. The molecule has 0 spiro atoms. The Labute approximate surface area is 135 Å². The predicted molar refractivity (Wildman–Crippen MR) is 83.7 cm³/mol. The van der Waals surface area contributed by atoms with E-state index in [1.165, 1.54) is 6.20 Å². The predicted octanol–water partition coefficient (Wildman–Crippen LogP) is 1.12. The van der Waals surface area contributed by atoms with Crippen molar-refractivity contribution in [3.8, 4) is 11.8 Å². The normalized spacial score (nSPS) is 20.6. The molecule has 1 heterocycles. The van der Waals surface area contributed by atoms with Crippen molar-refractivity contribution in [3.63, 3.8) is 0 Å². The van der Waals surface area contributed by atoms with E-state index < -0.39 is 0 Å². The molecule has 1 aromatic heterocycles. The third-order valence-electron chi connectivity index (χ3n) is 3.69. The highest BCUT2D eigenvalue weighted by Gasteiger charge is 2.24. The highest BCUT2D eigenvalue weighted by Crippen LogP contribution is 2.23. The summed E-state index contributed by atoms with van der Waals surface area (Å²) in [4.78, 5) is 19.9. The smallest absolute Gasteiger partial charge is 0.315 e. The summed E-state index contributed by atoms with van der Waals surface area (Å²) in [5.74, 6) is 0.906. The second-order valence-electron chi connectivity index (χ2n) is 5.38. The fraction of sp³-hybridized carbons (Fsp3) is 0.667. The van der Waals surface area contributed by atoms with E-state index in [1.54, 1.807) is 20.4 Å². The second kappa shape index (κ2) is 9.14. The van der Waals surface area contributed by atoms with Gasteiger partial charge in [0.05, 0.1) is 26.1 Å². The summed E-state index contributed by atoms with van der Waals surface area (Å²) in [5, 5.41) is 5.73. The summed E-state index contributed by atoms with van der Waals surface area (Å²) in [6, 6.07) is 0.0267. The summed E-state index contributed by atoms with van der Waals surface area (Å²) in [6.45, 7) is 1.02. The van der Waals surface area contributed by atoms with E-state index in [2.05, 4.69) is 20.6 Å². The second-order valence-corrected chi connectivity index (χ2v) is 5.38. The molecule has 2 N–H and O–H groups in total. The molecule has 0 aliphatic heterocycles. The Hall–Kier alpha value is -2.09. The Morgan fingerprint density at radius 2 is 1.96 bits per heavy atom. The van der Waals surface area contributed by atoms with Gasteiger partial charge < -0.3 is 24.8 Å². The number of aromatic nitrogens is 2. The lowest BCUT2D eigenvalue weighted by molar-refractivity contribution is 0.133. The largest absolute Gasteiger partial charge is 0.480 e. The molecule has 0 atom stereocenters. The van der Waals surface area contributed by atoms with Crippen LogP contribution in [0.5, 0.6) is 11.8 Å². The van der Waals surface area contributed by atoms with Gasteiger partial charge in [0.25, 0.3) is 0 Å². The zero-order valence-electron chi connectivity index (χ0n) is 13.6. The first-order valence-electron chi connectivity index (χ1n) is 7.77. The SMILES string of the molecule is COCCNC(=O)NC1CCC(Oc2cncc(OC)n2)CC1. The van der Waals surface area contributed by atoms with Crippen LogP contribution in [0.2, 0.25) is 0 Å². The molecule has 8 heteroatoms. The topological polar surface area (TPSA) is 94.6 Å². The van der Waals surface area contributed by atoms with Crippen LogP contribution in [-0.2, 0) is 4.74 Å². The minimum Gasteiger partial charge on any atom is -0.480 e. The Morgan fingerprint density at radius 3 is 2.65 bits per heavy atom. The van der Waals surface area contributed by atoms with Crippen molar-refractivity contribution >= 4 is 6.03 Å². The van der Waals surface area contributed by atoms with Gasteiger partial charge >= 0.3 is 6.03 Å². The summed E-state index contributed by atoms with van der Waals surface area (Å²) in [6.07, 6.45) is 6.68. The highest BCUT2D eigenvalue weighted by molar-refractivity contribution is 5.74. The van der Waals surface area contributed by atoms with Crippen molar-refractivity contribution < 1.29 is 19.0 Å². The van der Waals surface area contributed by atoms with Crippen molar-refractivity contribution in [3.05, 3.63) is 12.4 Å². The first-order valence-corrected chi connectivity index (χ1v) is 7.77. The number of hydrogen-bond donors (Lipinski definition) is 2. The summed E-state index contributed by atoms with van der Waals surface area (Å²) < 4.78 is 15.8. The first kappa shape index (κ1) is 17.3. The van der Waals surface area contributed by atoms with E-state index in [4.69, 9.17) is 14.2 Å². The minimum absolute atomic E-state index is 0.0889. The van der Waals surface area contributed by atoms with Crippen molar-refractivity contribution in [1.29, 1.82) is 0 Å². The molecule has 1 saturated carbocycles. The molecular formula is C15H24N4O4. The lowest BCUT2D eigenvalue weighted by atomic mass is 9.93. The molecule has 1 aromatic rings. The monoisotopic (exact) mass is 324 g/mol. The molecule has 1 aliphatic carbocycles. The molecular weight excluding hydrogens is 300 g/mol. The zero-order chi connectivity index (χ0) is 16.5. The molecule has 0 bridgehead atoms. The minimum atomic E-state index is -0.148. The molecule has 0 radical (unpaired) electrons. The van der Waals surface area contributed by atoms with Crippen LogP contribution in [0.4, 0.5) is 4.79 Å². The van der Waals surface area contributed by atoms with Crippen molar-refractivity contribution in [2.75, 3.05) is 27.4 Å². The maximum atomic E-state index is 11.7. The van der Waals surface area contributed by atoms with E-state index in [-0.39, 0.29) is 18.2 Å². The molecule has 0 saturated heterocycles. The van der Waals surface area contributed by atoms with Gasteiger partial charge in [0, 0.05) is 19.7 Å². The van der Waals surface area contributed by atoms with Crippen LogP contribution in [0.1, 0.15) is 25.7 Å². The van der Waals surface area contributed by atoms with Gasteiger partial charge in [-0.3, -0.25) is 4.98 Å². The quantitative estimate of drug-likeness (QED) is 0.730. The van der Waals surface area contributed by atoms with Gasteiger partial charge in [-0.25, -0.2) is 4.79 Å². The van der Waals surface area contributed by atoms with E-state index in [9.17, 15) is 4.79 Å². The number of carbonyl (C=O) groups is 1. The number of carbonyl (C=O) groups excluding carboxylic acids is 1. The third kappa shape index (κ3) is 5.90. The Balaban J connectivity index is 1.70. The number of methoxy groups -OCH3 is 2. The molecule has 2 amide bonds. The zero-order valence-corrected chi connectivity index (χ0v) is 13.6. The Morgan fingerprint density at radius 1 is 1.22 bits per heavy atom. The van der Waals surface area contributed by atoms with Crippen LogP contribution < -0.4 is 20.1 Å². The maximum absolute atomic E-state index is 11.7. The van der Waals surface area contributed by atoms with Gasteiger partial charge in [-0.1, -0.05) is 0 Å². The van der Waals surface area contributed by atoms with Crippen LogP contribution in [0.15, 0.2) is 12.4 Å². The number of rotatable bonds is 7. The Bertz CT molecular complexity index is 492. The van der Waals surface area contributed by atoms with Crippen LogP contribution >= 0.6 is 0 Å². The molecule has 8 nitrogen and oxygen atoms in total. The van der Waals surface area contributed by atoms with E-state index in [0.29, 0.717) is 24.9 Å². The number of nitrogens with zero attached hydrogens (tertiary/aromatic N) is 2. The van der Waals surface area contributed by atoms with Gasteiger partial charge in [0.15, 0.2) is 0 Å². The number of nitrogens with one attached hydrogen (secondary N) is 2. The fourth-order valence-corrected chi connectivity index (χ4v) is 2.49. The van der Waals surface area contributed by atoms with Crippen molar-refractivity contribution in [1.82, 2.24) is 20.6 Å². The molecule has 1 fully saturated rings. The summed E-state index contributed by atoms with van der Waals surface area (Å²) in [5.41, 5.74) is 0. The first-order chi connectivity index (χ1) is 11.2. The maximum Gasteiger partial charge on any atom is 0.315 e. The van der Waals surface area contributed by atoms with Gasteiger partial charge in [-0.2, -0.15) is 4.98 Å². The molecule has 23 heavy (non-hydrogen) atoms. The van der Waals surface area contributed by atoms with Gasteiger partial charge in [0.1, 0.15) is 6.10 Å². The molecule has 0 aromatic carbocycles. The van der Waals surface area contributed by atoms with Crippen LogP contribution in [0.25, 0.3) is 0 Å². The van der Waals surface area contributed by atoms with Gasteiger partial charge in [0.2, 0.25) is 11.8 Å². The van der Waals surface area contributed by atoms with Crippen molar-refractivity contribution in [2.24, 2.45) is 0 Å². The number of ether oxygens (including phenoxy) is 3. The third-order valence-corrected chi connectivity index (χ3v) is 3.69. The van der Waals surface area contributed by atoms with Crippen molar-refractivity contribution in [2.45, 2.75) is 37.8 Å². The lowest BCUT2D eigenvalue weighted by Crippen LogP contribution is -2.45. The van der Waals surface area contributed by atoms with Gasteiger partial charge in [-0.05, 0) is 25.7 Å². The number of urea groups is 1. The van der Waals surface area contributed by atoms with E-state index in [1.807, 2.05) is 0 Å². The van der Waals surface area contributed by atoms with Crippen LogP contribution in [0.3, 0.4) is 0 Å². The highest BCUT2D eigenvalue weighted by atomic mass is 16.5. The summed E-state index contributed by atoms with van der Waals surface area (Å²) in [7, 11) is 3.15. The molecule has 1 aliphatic rings.